The van der Waals surface area contributed by atoms with Gasteiger partial charge in [-0.3, -0.25) is 4.79 Å². The zero-order chi connectivity index (χ0) is 11.3. The first-order valence-corrected chi connectivity index (χ1v) is 5.60. The molecule has 80 valence electrons. The van der Waals surface area contributed by atoms with Crippen molar-refractivity contribution in [2.24, 2.45) is 0 Å². The first-order chi connectivity index (χ1) is 7.17. The predicted molar refractivity (Wildman–Crippen MR) is 58.7 cm³/mol. The monoisotopic (exact) mass is 223 g/mol. The van der Waals surface area contributed by atoms with Gasteiger partial charge in [-0.2, -0.15) is 5.26 Å². The first kappa shape index (κ1) is 11.7. The number of rotatable bonds is 4. The number of nitriles is 1. The van der Waals surface area contributed by atoms with E-state index in [0.717, 1.165) is 9.75 Å². The molecule has 0 aliphatic rings. The number of thiophene rings is 1. The third kappa shape index (κ3) is 3.37. The smallest absolute Gasteiger partial charge is 0.307 e. The second-order valence-corrected chi connectivity index (χ2v) is 4.46. The summed E-state index contributed by atoms with van der Waals surface area (Å²) >= 11 is 1.55. The zero-order valence-electron chi connectivity index (χ0n) is 8.82. The van der Waals surface area contributed by atoms with Crippen molar-refractivity contribution in [1.29, 1.82) is 5.26 Å². The highest BCUT2D eigenvalue weighted by atomic mass is 32.1. The molecular formula is C11H13NO2S. The highest BCUT2D eigenvalue weighted by Crippen LogP contribution is 2.26. The Labute approximate surface area is 93.3 Å². The molecule has 0 fully saturated rings. The Bertz CT molecular complexity index is 378. The highest BCUT2D eigenvalue weighted by Gasteiger charge is 2.17. The zero-order valence-corrected chi connectivity index (χ0v) is 9.63. The summed E-state index contributed by atoms with van der Waals surface area (Å²) in [4.78, 5) is 13.3. The van der Waals surface area contributed by atoms with Gasteiger partial charge in [0.15, 0.2) is 0 Å². The lowest BCUT2D eigenvalue weighted by molar-refractivity contribution is -0.143. The van der Waals surface area contributed by atoms with Crippen LogP contribution in [0, 0.1) is 18.3 Å². The average molecular weight is 223 g/mol. The normalized spacial score (nSPS) is 11.8. The third-order valence-electron chi connectivity index (χ3n) is 1.94. The Hall–Kier alpha value is -1.34. The minimum Gasteiger partial charge on any atom is -0.466 e. The van der Waals surface area contributed by atoms with Crippen molar-refractivity contribution in [1.82, 2.24) is 0 Å². The van der Waals surface area contributed by atoms with Crippen LogP contribution in [0.2, 0.25) is 0 Å². The fourth-order valence-corrected chi connectivity index (χ4v) is 2.16. The molecular weight excluding hydrogens is 210 g/mol. The van der Waals surface area contributed by atoms with E-state index in [1.165, 1.54) is 0 Å². The summed E-state index contributed by atoms with van der Waals surface area (Å²) in [6.07, 6.45) is 0.143. The number of carbonyl (C=O) groups excluding carboxylic acids is 1. The quantitative estimate of drug-likeness (QED) is 0.737. The van der Waals surface area contributed by atoms with E-state index in [4.69, 9.17) is 10.00 Å². The van der Waals surface area contributed by atoms with E-state index < -0.39 is 0 Å². The molecule has 1 rings (SSSR count). The second kappa shape index (κ2) is 5.52. The number of ether oxygens (including phenoxy) is 1. The van der Waals surface area contributed by atoms with Crippen molar-refractivity contribution >= 4 is 17.3 Å². The number of hydrogen-bond donors (Lipinski definition) is 0. The van der Waals surface area contributed by atoms with Gasteiger partial charge in [0.25, 0.3) is 0 Å². The molecule has 15 heavy (non-hydrogen) atoms. The number of carbonyl (C=O) groups is 1. The van der Waals surface area contributed by atoms with Gasteiger partial charge in [0.05, 0.1) is 25.0 Å². The van der Waals surface area contributed by atoms with Crippen molar-refractivity contribution in [2.45, 2.75) is 26.2 Å². The van der Waals surface area contributed by atoms with Gasteiger partial charge in [0, 0.05) is 9.75 Å². The van der Waals surface area contributed by atoms with Gasteiger partial charge >= 0.3 is 5.97 Å². The van der Waals surface area contributed by atoms with E-state index in [2.05, 4.69) is 6.07 Å². The highest BCUT2D eigenvalue weighted by molar-refractivity contribution is 7.12. The Morgan fingerprint density at radius 1 is 1.67 bits per heavy atom. The van der Waals surface area contributed by atoms with Crippen LogP contribution in [-0.2, 0) is 9.53 Å². The molecule has 1 aromatic rings. The maximum atomic E-state index is 11.2. The molecule has 3 nitrogen and oxygen atoms in total. The van der Waals surface area contributed by atoms with Crippen molar-refractivity contribution in [2.75, 3.05) is 6.61 Å². The molecule has 1 atom stereocenters. The Kier molecular flexibility index (Phi) is 4.32. The minimum absolute atomic E-state index is 0.143. The summed E-state index contributed by atoms with van der Waals surface area (Å²) in [7, 11) is 0. The molecule has 4 heteroatoms. The van der Waals surface area contributed by atoms with Crippen LogP contribution < -0.4 is 0 Å². The summed E-state index contributed by atoms with van der Waals surface area (Å²) < 4.78 is 4.82. The van der Waals surface area contributed by atoms with Crippen LogP contribution in [0.4, 0.5) is 0 Å². The SMILES string of the molecule is CCOC(=O)CC(C#N)c1ccc(C)s1. The predicted octanol–water partition coefficient (Wildman–Crippen LogP) is 2.62. The number of aryl methyl sites for hydroxylation is 1. The maximum absolute atomic E-state index is 11.2. The van der Waals surface area contributed by atoms with E-state index in [0.29, 0.717) is 6.61 Å². The van der Waals surface area contributed by atoms with Gasteiger partial charge in [0.1, 0.15) is 0 Å². The van der Waals surface area contributed by atoms with Gasteiger partial charge in [-0.25, -0.2) is 0 Å². The number of hydrogen-bond acceptors (Lipinski definition) is 4. The van der Waals surface area contributed by atoms with Crippen molar-refractivity contribution in [3.63, 3.8) is 0 Å². The van der Waals surface area contributed by atoms with Crippen LogP contribution in [0.1, 0.15) is 29.0 Å². The van der Waals surface area contributed by atoms with E-state index in [1.54, 1.807) is 18.3 Å². The van der Waals surface area contributed by atoms with Crippen LogP contribution in [0.3, 0.4) is 0 Å². The molecule has 1 heterocycles. The average Bonchev–Trinajstić information content (AvgIpc) is 2.61. The summed E-state index contributed by atoms with van der Waals surface area (Å²) in [6.45, 7) is 4.10. The molecule has 0 amide bonds. The fraction of sp³-hybridized carbons (Fsp3) is 0.455. The minimum atomic E-state index is -0.372. The van der Waals surface area contributed by atoms with E-state index in [1.807, 2.05) is 19.1 Å². The molecule has 0 aromatic carbocycles. The molecule has 0 bridgehead atoms. The lowest BCUT2D eigenvalue weighted by Crippen LogP contribution is -2.08. The van der Waals surface area contributed by atoms with Crippen LogP contribution >= 0.6 is 11.3 Å². The molecule has 1 unspecified atom stereocenters. The molecule has 0 N–H and O–H groups in total. The van der Waals surface area contributed by atoms with Gasteiger partial charge in [-0.05, 0) is 26.0 Å². The Balaban J connectivity index is 2.65. The summed E-state index contributed by atoms with van der Waals surface area (Å²) in [5, 5.41) is 8.95. The van der Waals surface area contributed by atoms with Gasteiger partial charge in [0.2, 0.25) is 0 Å². The fourth-order valence-electron chi connectivity index (χ4n) is 1.24. The van der Waals surface area contributed by atoms with Crippen LogP contribution in [0.25, 0.3) is 0 Å². The van der Waals surface area contributed by atoms with Crippen LogP contribution in [0.5, 0.6) is 0 Å². The Morgan fingerprint density at radius 3 is 2.87 bits per heavy atom. The van der Waals surface area contributed by atoms with Gasteiger partial charge in [-0.1, -0.05) is 0 Å². The number of esters is 1. The second-order valence-electron chi connectivity index (χ2n) is 3.14. The van der Waals surface area contributed by atoms with E-state index >= 15 is 0 Å². The lowest BCUT2D eigenvalue weighted by Gasteiger charge is -2.05. The van der Waals surface area contributed by atoms with Crippen LogP contribution in [-0.4, -0.2) is 12.6 Å². The summed E-state index contributed by atoms with van der Waals surface area (Å²) in [5.74, 6) is -0.683. The van der Waals surface area contributed by atoms with Gasteiger partial charge in [-0.15, -0.1) is 11.3 Å². The van der Waals surface area contributed by atoms with Crippen molar-refractivity contribution in [3.8, 4) is 6.07 Å². The molecule has 0 radical (unpaired) electrons. The van der Waals surface area contributed by atoms with E-state index in [-0.39, 0.29) is 18.3 Å². The molecule has 0 saturated carbocycles. The third-order valence-corrected chi connectivity index (χ3v) is 3.05. The lowest BCUT2D eigenvalue weighted by atomic mass is 10.1. The molecule has 0 aliphatic carbocycles. The summed E-state index contributed by atoms with van der Waals surface area (Å²) in [5.41, 5.74) is 0. The van der Waals surface area contributed by atoms with Crippen LogP contribution in [0.15, 0.2) is 12.1 Å². The topological polar surface area (TPSA) is 50.1 Å². The standard InChI is InChI=1S/C11H13NO2S/c1-3-14-11(13)6-9(7-12)10-5-4-8(2)15-10/h4-5,9H,3,6H2,1-2H3. The molecule has 0 saturated heterocycles. The van der Waals surface area contributed by atoms with Gasteiger partial charge < -0.3 is 4.74 Å². The van der Waals surface area contributed by atoms with Crippen molar-refractivity contribution < 1.29 is 9.53 Å². The Morgan fingerprint density at radius 2 is 2.40 bits per heavy atom. The maximum Gasteiger partial charge on any atom is 0.307 e. The molecule has 0 spiro atoms. The number of nitrogens with zero attached hydrogens (tertiary/aromatic N) is 1. The van der Waals surface area contributed by atoms with Crippen molar-refractivity contribution in [3.05, 3.63) is 21.9 Å². The largest absolute Gasteiger partial charge is 0.466 e. The molecule has 1 aromatic heterocycles. The first-order valence-electron chi connectivity index (χ1n) is 4.79. The summed E-state index contributed by atoms with van der Waals surface area (Å²) in [6, 6.07) is 5.98. The van der Waals surface area contributed by atoms with E-state index in [9.17, 15) is 4.79 Å². The molecule has 0 aliphatic heterocycles.